The van der Waals surface area contributed by atoms with Gasteiger partial charge in [0.1, 0.15) is 0 Å². The minimum Gasteiger partial charge on any atom is -0.456 e. The molecule has 4 heteroatoms. The summed E-state index contributed by atoms with van der Waals surface area (Å²) in [7, 11) is 0. The Labute approximate surface area is 76.6 Å². The van der Waals surface area contributed by atoms with Gasteiger partial charge in [0.05, 0.1) is 6.04 Å². The van der Waals surface area contributed by atoms with Crippen LogP contribution in [0.5, 0.6) is 0 Å². The number of ketones is 1. The molecule has 0 aromatic carbocycles. The number of thioether (sulfide) groups is 1. The van der Waals surface area contributed by atoms with Crippen LogP contribution in [0.2, 0.25) is 0 Å². The van der Waals surface area contributed by atoms with Crippen molar-refractivity contribution in [2.45, 2.75) is 32.4 Å². The molecule has 1 heterocycles. The summed E-state index contributed by atoms with van der Waals surface area (Å²) in [5, 5.41) is 0.611. The average Bonchev–Trinajstić information content (AvgIpc) is 2.29. The maximum atomic E-state index is 11.2. The number of carbonyl (C=O) groups is 1. The molecule has 0 N–H and O–H groups in total. The van der Waals surface area contributed by atoms with Gasteiger partial charge in [0.2, 0.25) is 5.23 Å². The Kier molecular flexibility index (Phi) is 2.46. The van der Waals surface area contributed by atoms with Crippen molar-refractivity contribution < 1.29 is 9.53 Å². The first kappa shape index (κ1) is 9.58. The van der Waals surface area contributed by atoms with Crippen molar-refractivity contribution in [1.82, 2.24) is 0 Å². The van der Waals surface area contributed by atoms with Gasteiger partial charge in [0, 0.05) is 0 Å². The van der Waals surface area contributed by atoms with Crippen LogP contribution in [0.15, 0.2) is 4.99 Å². The molecule has 0 aromatic rings. The third kappa shape index (κ3) is 1.35. The van der Waals surface area contributed by atoms with Crippen LogP contribution >= 0.6 is 11.8 Å². The van der Waals surface area contributed by atoms with Gasteiger partial charge in [-0.1, -0.05) is 11.8 Å². The highest BCUT2D eigenvalue weighted by Gasteiger charge is 2.43. The summed E-state index contributed by atoms with van der Waals surface area (Å²) in [4.78, 5) is 15.5. The molecule has 1 aliphatic heterocycles. The highest BCUT2D eigenvalue weighted by atomic mass is 32.2. The molecule has 2 atom stereocenters. The summed E-state index contributed by atoms with van der Waals surface area (Å²) in [6.07, 6.45) is 1.89. The third-order valence-corrected chi connectivity index (χ3v) is 2.81. The minimum absolute atomic E-state index is 0.0304. The molecule has 2 unspecified atom stereocenters. The maximum Gasteiger partial charge on any atom is 0.246 e. The van der Waals surface area contributed by atoms with E-state index < -0.39 is 5.60 Å². The van der Waals surface area contributed by atoms with Gasteiger partial charge in [-0.15, -0.1) is 0 Å². The lowest BCUT2D eigenvalue weighted by molar-refractivity contribution is -0.131. The number of aliphatic imine (C=N–C) groups is 1. The van der Waals surface area contributed by atoms with Gasteiger partial charge < -0.3 is 4.74 Å². The molecule has 0 bridgehead atoms. The molecule has 0 amide bonds. The Morgan fingerprint density at radius 3 is 2.58 bits per heavy atom. The molecule has 0 fully saturated rings. The number of hydrogen-bond acceptors (Lipinski definition) is 4. The Hall–Kier alpha value is -0.510. The molecule has 1 aliphatic rings. The third-order valence-electron chi connectivity index (χ3n) is 2.27. The molecule has 0 saturated carbocycles. The SMILES string of the molecule is CSC1=NC(C)C(C)(C(C)=O)O1. The lowest BCUT2D eigenvalue weighted by Gasteiger charge is -2.23. The average molecular weight is 187 g/mol. The van der Waals surface area contributed by atoms with Crippen LogP contribution in [0, 0.1) is 0 Å². The minimum atomic E-state index is -0.738. The quantitative estimate of drug-likeness (QED) is 0.624. The van der Waals surface area contributed by atoms with Gasteiger partial charge in [0.15, 0.2) is 11.4 Å². The zero-order valence-electron chi connectivity index (χ0n) is 7.75. The van der Waals surface area contributed by atoms with Gasteiger partial charge >= 0.3 is 0 Å². The van der Waals surface area contributed by atoms with Crippen molar-refractivity contribution in [3.8, 4) is 0 Å². The molecular formula is C8H13NO2S. The fourth-order valence-corrected chi connectivity index (χ4v) is 1.55. The van der Waals surface area contributed by atoms with Crippen molar-refractivity contribution >= 4 is 22.8 Å². The second kappa shape index (κ2) is 3.09. The number of nitrogens with zero attached hydrogens (tertiary/aromatic N) is 1. The Balaban J connectivity index is 2.82. The highest BCUT2D eigenvalue weighted by molar-refractivity contribution is 8.12. The standard InChI is InChI=1S/C8H13NO2S/c1-5-8(3,6(2)10)11-7(9-5)12-4/h5H,1-4H3. The van der Waals surface area contributed by atoms with Gasteiger partial charge in [-0.3, -0.25) is 4.79 Å². The zero-order chi connectivity index (χ0) is 9.35. The summed E-state index contributed by atoms with van der Waals surface area (Å²) < 4.78 is 5.44. The molecule has 68 valence electrons. The Morgan fingerprint density at radius 2 is 2.33 bits per heavy atom. The van der Waals surface area contributed by atoms with Crippen LogP contribution in [-0.2, 0) is 9.53 Å². The van der Waals surface area contributed by atoms with Crippen LogP contribution in [0.1, 0.15) is 20.8 Å². The van der Waals surface area contributed by atoms with Crippen molar-refractivity contribution in [2.75, 3.05) is 6.26 Å². The van der Waals surface area contributed by atoms with E-state index in [-0.39, 0.29) is 11.8 Å². The van der Waals surface area contributed by atoms with Gasteiger partial charge in [-0.05, 0) is 27.0 Å². The first-order valence-corrected chi connectivity index (χ1v) is 5.05. The van der Waals surface area contributed by atoms with E-state index in [1.165, 1.54) is 18.7 Å². The fraction of sp³-hybridized carbons (Fsp3) is 0.750. The molecule has 0 aliphatic carbocycles. The lowest BCUT2D eigenvalue weighted by Crippen LogP contribution is -2.42. The normalized spacial score (nSPS) is 34.3. The van der Waals surface area contributed by atoms with Crippen molar-refractivity contribution in [2.24, 2.45) is 4.99 Å². The number of ether oxygens (including phenoxy) is 1. The first-order valence-electron chi connectivity index (χ1n) is 3.82. The van der Waals surface area contributed by atoms with Crippen LogP contribution in [0.4, 0.5) is 0 Å². The zero-order valence-corrected chi connectivity index (χ0v) is 8.57. The van der Waals surface area contributed by atoms with E-state index in [0.717, 1.165) is 0 Å². The fourth-order valence-electron chi connectivity index (χ4n) is 1.03. The molecule has 3 nitrogen and oxygen atoms in total. The monoisotopic (exact) mass is 187 g/mol. The van der Waals surface area contributed by atoms with E-state index in [4.69, 9.17) is 4.74 Å². The second-order valence-corrected chi connectivity index (χ2v) is 3.80. The van der Waals surface area contributed by atoms with Crippen LogP contribution < -0.4 is 0 Å². The van der Waals surface area contributed by atoms with Crippen molar-refractivity contribution in [1.29, 1.82) is 0 Å². The van der Waals surface area contributed by atoms with Crippen LogP contribution in [0.25, 0.3) is 0 Å². The molecule has 0 spiro atoms. The van der Waals surface area contributed by atoms with Crippen LogP contribution in [0.3, 0.4) is 0 Å². The number of hydrogen-bond donors (Lipinski definition) is 0. The van der Waals surface area contributed by atoms with E-state index in [0.29, 0.717) is 5.23 Å². The van der Waals surface area contributed by atoms with Gasteiger partial charge in [-0.25, -0.2) is 4.99 Å². The smallest absolute Gasteiger partial charge is 0.246 e. The predicted octanol–water partition coefficient (Wildman–Crippen LogP) is 1.47. The number of Topliss-reactive ketones (excluding diaryl/α,β-unsaturated/α-hetero) is 1. The van der Waals surface area contributed by atoms with E-state index in [9.17, 15) is 4.79 Å². The van der Waals surface area contributed by atoms with E-state index >= 15 is 0 Å². The molecule has 0 saturated heterocycles. The molecule has 0 radical (unpaired) electrons. The maximum absolute atomic E-state index is 11.2. The van der Waals surface area contributed by atoms with E-state index in [1.54, 1.807) is 6.92 Å². The topological polar surface area (TPSA) is 38.7 Å². The summed E-state index contributed by atoms with van der Waals surface area (Å²) in [6.45, 7) is 5.21. The predicted molar refractivity (Wildman–Crippen MR) is 50.6 cm³/mol. The Bertz CT molecular complexity index is 239. The Morgan fingerprint density at radius 1 is 1.75 bits per heavy atom. The van der Waals surface area contributed by atoms with Crippen molar-refractivity contribution in [3.63, 3.8) is 0 Å². The van der Waals surface area contributed by atoms with Gasteiger partial charge in [-0.2, -0.15) is 0 Å². The van der Waals surface area contributed by atoms with E-state index in [1.807, 2.05) is 13.2 Å². The summed E-state index contributed by atoms with van der Waals surface area (Å²) in [6, 6.07) is -0.0718. The summed E-state index contributed by atoms with van der Waals surface area (Å²) in [5.41, 5.74) is -0.738. The molecule has 12 heavy (non-hydrogen) atoms. The summed E-state index contributed by atoms with van der Waals surface area (Å²) in [5.74, 6) is 0.0304. The second-order valence-electron chi connectivity index (χ2n) is 3.04. The van der Waals surface area contributed by atoms with Crippen LogP contribution in [-0.4, -0.2) is 28.9 Å². The van der Waals surface area contributed by atoms with E-state index in [2.05, 4.69) is 4.99 Å². The summed E-state index contributed by atoms with van der Waals surface area (Å²) >= 11 is 1.43. The molecular weight excluding hydrogens is 174 g/mol. The highest BCUT2D eigenvalue weighted by Crippen LogP contribution is 2.29. The number of carbonyl (C=O) groups excluding carboxylic acids is 1. The van der Waals surface area contributed by atoms with Crippen molar-refractivity contribution in [3.05, 3.63) is 0 Å². The lowest BCUT2D eigenvalue weighted by atomic mass is 9.95. The largest absolute Gasteiger partial charge is 0.456 e. The molecule has 0 aromatic heterocycles. The first-order chi connectivity index (χ1) is 5.50. The van der Waals surface area contributed by atoms with Gasteiger partial charge in [0.25, 0.3) is 0 Å². The molecule has 1 rings (SSSR count). The number of rotatable bonds is 1.